The summed E-state index contributed by atoms with van der Waals surface area (Å²) >= 11 is 0. The molecule has 1 unspecified atom stereocenters. The van der Waals surface area contributed by atoms with E-state index in [0.717, 1.165) is 57.2 Å². The molecule has 1 aromatic carbocycles. The first-order chi connectivity index (χ1) is 10.4. The molecule has 0 radical (unpaired) electrons. The van der Waals surface area contributed by atoms with E-state index in [2.05, 4.69) is 44.7 Å². The van der Waals surface area contributed by atoms with E-state index in [1.165, 1.54) is 11.1 Å². The van der Waals surface area contributed by atoms with Gasteiger partial charge in [0.25, 0.3) is 0 Å². The van der Waals surface area contributed by atoms with Crippen molar-refractivity contribution in [3.05, 3.63) is 41.2 Å². The Balaban J connectivity index is 1.51. The van der Waals surface area contributed by atoms with Gasteiger partial charge in [0.1, 0.15) is 5.82 Å². The number of nitrogens with one attached hydrogen (secondary N) is 2. The lowest BCUT2D eigenvalue weighted by molar-refractivity contribution is 0.556. The first kappa shape index (κ1) is 12.8. The van der Waals surface area contributed by atoms with Crippen molar-refractivity contribution in [1.82, 2.24) is 20.5 Å². The van der Waals surface area contributed by atoms with E-state index in [4.69, 9.17) is 4.98 Å². The van der Waals surface area contributed by atoms with Crippen molar-refractivity contribution in [2.75, 3.05) is 31.1 Å². The zero-order valence-corrected chi connectivity index (χ0v) is 12.2. The zero-order chi connectivity index (χ0) is 14.1. The van der Waals surface area contributed by atoms with Gasteiger partial charge in [0.2, 0.25) is 5.95 Å². The molecule has 21 heavy (non-hydrogen) atoms. The van der Waals surface area contributed by atoms with Crippen molar-refractivity contribution in [3.63, 3.8) is 0 Å². The number of aryl methyl sites for hydroxylation is 1. The highest BCUT2D eigenvalue weighted by Crippen LogP contribution is 2.31. The fourth-order valence-electron chi connectivity index (χ4n) is 3.39. The average Bonchev–Trinajstić information content (AvgIpc) is 3.05. The van der Waals surface area contributed by atoms with Crippen LogP contribution in [0.15, 0.2) is 24.3 Å². The SMILES string of the molecule is c1ccc2c(c1)CCC(c1nc(N3CCNCC3)n[nH]1)C2. The fraction of sp³-hybridized carbons (Fsp3) is 0.500. The second kappa shape index (κ2) is 5.48. The summed E-state index contributed by atoms with van der Waals surface area (Å²) in [6.07, 6.45) is 3.38. The van der Waals surface area contributed by atoms with Crippen molar-refractivity contribution in [2.45, 2.75) is 25.2 Å². The van der Waals surface area contributed by atoms with Crippen LogP contribution in [0.25, 0.3) is 0 Å². The Bertz CT molecular complexity index is 615. The number of piperazine rings is 1. The van der Waals surface area contributed by atoms with E-state index in [0.29, 0.717) is 5.92 Å². The van der Waals surface area contributed by atoms with Crippen molar-refractivity contribution < 1.29 is 0 Å². The number of anilines is 1. The molecule has 2 aliphatic rings. The Labute approximate surface area is 124 Å². The van der Waals surface area contributed by atoms with Crippen molar-refractivity contribution in [2.24, 2.45) is 0 Å². The molecule has 2 aromatic rings. The summed E-state index contributed by atoms with van der Waals surface area (Å²) in [4.78, 5) is 7.02. The highest BCUT2D eigenvalue weighted by atomic mass is 15.4. The molecular weight excluding hydrogens is 262 g/mol. The number of aromatic nitrogens is 3. The Morgan fingerprint density at radius 3 is 2.76 bits per heavy atom. The molecule has 5 nitrogen and oxygen atoms in total. The van der Waals surface area contributed by atoms with E-state index in [9.17, 15) is 0 Å². The Kier molecular flexibility index (Phi) is 3.35. The molecule has 0 amide bonds. The van der Waals surface area contributed by atoms with Gasteiger partial charge in [-0.25, -0.2) is 0 Å². The molecule has 0 saturated carbocycles. The number of hydrogen-bond acceptors (Lipinski definition) is 4. The number of aromatic amines is 1. The monoisotopic (exact) mass is 283 g/mol. The molecule has 0 spiro atoms. The first-order valence-electron chi connectivity index (χ1n) is 7.85. The number of H-pyrrole nitrogens is 1. The van der Waals surface area contributed by atoms with Gasteiger partial charge in [0, 0.05) is 32.1 Å². The van der Waals surface area contributed by atoms with Gasteiger partial charge < -0.3 is 10.2 Å². The molecule has 1 fully saturated rings. The Hall–Kier alpha value is -1.88. The van der Waals surface area contributed by atoms with Gasteiger partial charge in [-0.05, 0) is 30.4 Å². The smallest absolute Gasteiger partial charge is 0.244 e. The van der Waals surface area contributed by atoms with Crippen LogP contribution in [0.5, 0.6) is 0 Å². The minimum Gasteiger partial charge on any atom is -0.337 e. The quantitative estimate of drug-likeness (QED) is 0.877. The van der Waals surface area contributed by atoms with Crippen LogP contribution in [0.4, 0.5) is 5.95 Å². The molecule has 1 atom stereocenters. The highest BCUT2D eigenvalue weighted by molar-refractivity contribution is 5.34. The van der Waals surface area contributed by atoms with E-state index in [1.807, 2.05) is 0 Å². The van der Waals surface area contributed by atoms with Crippen molar-refractivity contribution in [3.8, 4) is 0 Å². The predicted octanol–water partition coefficient (Wildman–Crippen LogP) is 1.49. The molecule has 2 N–H and O–H groups in total. The lowest BCUT2D eigenvalue weighted by Gasteiger charge is -2.26. The maximum atomic E-state index is 4.76. The van der Waals surface area contributed by atoms with Gasteiger partial charge in [-0.15, -0.1) is 5.10 Å². The van der Waals surface area contributed by atoms with Crippen molar-refractivity contribution in [1.29, 1.82) is 0 Å². The van der Waals surface area contributed by atoms with Gasteiger partial charge in [-0.3, -0.25) is 5.10 Å². The Morgan fingerprint density at radius 1 is 1.10 bits per heavy atom. The predicted molar refractivity (Wildman–Crippen MR) is 82.7 cm³/mol. The van der Waals surface area contributed by atoms with Crippen LogP contribution in [-0.4, -0.2) is 41.4 Å². The summed E-state index contributed by atoms with van der Waals surface area (Å²) < 4.78 is 0. The third kappa shape index (κ3) is 2.53. The summed E-state index contributed by atoms with van der Waals surface area (Å²) in [5.74, 6) is 2.40. The minimum atomic E-state index is 0.476. The third-order valence-electron chi connectivity index (χ3n) is 4.62. The van der Waals surface area contributed by atoms with Crippen LogP contribution < -0.4 is 10.2 Å². The average molecular weight is 283 g/mol. The maximum absolute atomic E-state index is 4.76. The second-order valence-electron chi connectivity index (χ2n) is 5.97. The zero-order valence-electron chi connectivity index (χ0n) is 12.2. The van der Waals surface area contributed by atoms with Crippen LogP contribution in [0.3, 0.4) is 0 Å². The number of hydrogen-bond donors (Lipinski definition) is 2. The molecule has 1 aliphatic heterocycles. The molecule has 5 heteroatoms. The van der Waals surface area contributed by atoms with E-state index < -0.39 is 0 Å². The highest BCUT2D eigenvalue weighted by Gasteiger charge is 2.24. The molecule has 0 bridgehead atoms. The Morgan fingerprint density at radius 2 is 1.90 bits per heavy atom. The number of fused-ring (bicyclic) bond motifs is 1. The number of benzene rings is 1. The van der Waals surface area contributed by atoms with E-state index in [-0.39, 0.29) is 0 Å². The number of nitrogens with zero attached hydrogens (tertiary/aromatic N) is 3. The molecule has 110 valence electrons. The second-order valence-corrected chi connectivity index (χ2v) is 5.97. The molecule has 1 saturated heterocycles. The standard InChI is InChI=1S/C16H21N5/c1-2-4-13-11-14(6-5-12(13)3-1)15-18-16(20-19-15)21-9-7-17-8-10-21/h1-4,14,17H,5-11H2,(H,18,19,20). The van der Waals surface area contributed by atoms with Crippen LogP contribution in [0, 0.1) is 0 Å². The summed E-state index contributed by atoms with van der Waals surface area (Å²) in [6.45, 7) is 4.01. The van der Waals surface area contributed by atoms with Gasteiger partial charge in [0.05, 0.1) is 0 Å². The van der Waals surface area contributed by atoms with Gasteiger partial charge in [0.15, 0.2) is 0 Å². The summed E-state index contributed by atoms with van der Waals surface area (Å²) in [7, 11) is 0. The third-order valence-corrected chi connectivity index (χ3v) is 4.62. The minimum absolute atomic E-state index is 0.476. The van der Waals surface area contributed by atoms with Crippen LogP contribution in [-0.2, 0) is 12.8 Å². The molecule has 1 aliphatic carbocycles. The van der Waals surface area contributed by atoms with Crippen molar-refractivity contribution >= 4 is 5.95 Å². The molecule has 2 heterocycles. The normalized spacial score (nSPS) is 22.1. The summed E-state index contributed by atoms with van der Waals surface area (Å²) in [6, 6.07) is 8.76. The van der Waals surface area contributed by atoms with E-state index in [1.54, 1.807) is 0 Å². The molecular formula is C16H21N5. The van der Waals surface area contributed by atoms with Crippen LogP contribution >= 0.6 is 0 Å². The lowest BCUT2D eigenvalue weighted by atomic mass is 9.83. The van der Waals surface area contributed by atoms with E-state index >= 15 is 0 Å². The largest absolute Gasteiger partial charge is 0.337 e. The van der Waals surface area contributed by atoms with Gasteiger partial charge in [-0.1, -0.05) is 24.3 Å². The fourth-order valence-corrected chi connectivity index (χ4v) is 3.39. The number of rotatable bonds is 2. The van der Waals surface area contributed by atoms with Gasteiger partial charge >= 0.3 is 0 Å². The summed E-state index contributed by atoms with van der Waals surface area (Å²) in [5, 5.41) is 11.0. The molecule has 4 rings (SSSR count). The van der Waals surface area contributed by atoms with Gasteiger partial charge in [-0.2, -0.15) is 4.98 Å². The lowest BCUT2D eigenvalue weighted by Crippen LogP contribution is -2.44. The maximum Gasteiger partial charge on any atom is 0.244 e. The van der Waals surface area contributed by atoms with Crippen LogP contribution in [0.2, 0.25) is 0 Å². The first-order valence-corrected chi connectivity index (χ1v) is 7.85. The summed E-state index contributed by atoms with van der Waals surface area (Å²) in [5.41, 5.74) is 2.96. The molecule has 1 aromatic heterocycles. The topological polar surface area (TPSA) is 56.8 Å². The van der Waals surface area contributed by atoms with Crippen LogP contribution in [0.1, 0.15) is 29.3 Å².